The van der Waals surface area contributed by atoms with Gasteiger partial charge in [0.25, 0.3) is 5.91 Å². The topological polar surface area (TPSA) is 97.4 Å². The fourth-order valence-electron chi connectivity index (χ4n) is 2.42. The number of rotatable bonds is 11. The van der Waals surface area contributed by atoms with Gasteiger partial charge in [-0.1, -0.05) is 0 Å². The third-order valence-corrected chi connectivity index (χ3v) is 7.04. The summed E-state index contributed by atoms with van der Waals surface area (Å²) in [6.07, 6.45) is 2.63. The first-order chi connectivity index (χ1) is 13.3. The Morgan fingerprint density at radius 2 is 2.07 bits per heavy atom. The lowest BCUT2D eigenvalue weighted by Gasteiger charge is -2.10. The van der Waals surface area contributed by atoms with Crippen molar-refractivity contribution >= 4 is 43.2 Å². The normalized spacial score (nSPS) is 11.5. The first-order valence-electron chi connectivity index (χ1n) is 8.81. The molecule has 0 saturated heterocycles. The molecule has 0 aliphatic heterocycles. The van der Waals surface area contributed by atoms with Crippen LogP contribution in [0.5, 0.6) is 0 Å². The van der Waals surface area contributed by atoms with E-state index in [1.54, 1.807) is 17.4 Å². The Labute approximate surface area is 178 Å². The van der Waals surface area contributed by atoms with Crippen LogP contribution in [0.1, 0.15) is 33.9 Å². The molecular formula is C18H24BrN3O4S2. The zero-order valence-corrected chi connectivity index (χ0v) is 19.0. The molecule has 1 aromatic heterocycles. The second kappa shape index (κ2) is 11.0. The number of hydrogen-bond acceptors (Lipinski definition) is 6. The van der Waals surface area contributed by atoms with E-state index in [2.05, 4.69) is 31.0 Å². The summed E-state index contributed by atoms with van der Waals surface area (Å²) in [4.78, 5) is 16.9. The molecule has 0 fully saturated rings. The van der Waals surface area contributed by atoms with E-state index in [-0.39, 0.29) is 29.5 Å². The standard InChI is InChI=1S/C18H24BrN3O4S2/c1-13-12-27-17(22-13)5-3-4-8-20-18(23)15-11-14(6-7-16(15)19)28(24,25)21-9-10-26-2/h6-7,11-12,21H,3-5,8-10H2,1-2H3,(H,20,23). The fraction of sp³-hybridized carbons (Fsp3) is 0.444. The van der Waals surface area contributed by atoms with Crippen LogP contribution in [0.4, 0.5) is 0 Å². The van der Waals surface area contributed by atoms with Crippen molar-refractivity contribution < 1.29 is 17.9 Å². The average Bonchev–Trinajstić information content (AvgIpc) is 3.06. The summed E-state index contributed by atoms with van der Waals surface area (Å²) >= 11 is 4.96. The quantitative estimate of drug-likeness (QED) is 0.472. The number of nitrogens with one attached hydrogen (secondary N) is 2. The third-order valence-electron chi connectivity index (χ3n) is 3.86. The van der Waals surface area contributed by atoms with Gasteiger partial charge in [0.1, 0.15) is 0 Å². The van der Waals surface area contributed by atoms with Crippen LogP contribution in [-0.4, -0.2) is 46.1 Å². The van der Waals surface area contributed by atoms with Crippen LogP contribution in [0, 0.1) is 6.92 Å². The Morgan fingerprint density at radius 3 is 2.75 bits per heavy atom. The molecule has 0 atom stereocenters. The molecule has 28 heavy (non-hydrogen) atoms. The molecule has 0 spiro atoms. The lowest BCUT2D eigenvalue weighted by molar-refractivity contribution is 0.0952. The predicted octanol–water partition coefficient (Wildman–Crippen LogP) is 2.89. The number of benzene rings is 1. The Kier molecular flexibility index (Phi) is 9.03. The van der Waals surface area contributed by atoms with Gasteiger partial charge in [-0.25, -0.2) is 18.1 Å². The smallest absolute Gasteiger partial charge is 0.252 e. The highest BCUT2D eigenvalue weighted by Gasteiger charge is 2.18. The van der Waals surface area contributed by atoms with Crippen molar-refractivity contribution in [3.05, 3.63) is 44.3 Å². The van der Waals surface area contributed by atoms with E-state index < -0.39 is 10.0 Å². The van der Waals surface area contributed by atoms with Crippen LogP contribution in [0.15, 0.2) is 32.9 Å². The minimum atomic E-state index is -3.70. The molecule has 7 nitrogen and oxygen atoms in total. The SMILES string of the molecule is COCCNS(=O)(=O)c1ccc(Br)c(C(=O)NCCCCc2nc(C)cs2)c1. The van der Waals surface area contributed by atoms with Gasteiger partial charge in [0.05, 0.1) is 22.1 Å². The summed E-state index contributed by atoms with van der Waals surface area (Å²) in [5.41, 5.74) is 1.31. The molecule has 0 aliphatic rings. The summed E-state index contributed by atoms with van der Waals surface area (Å²) in [6, 6.07) is 4.38. The molecule has 1 heterocycles. The number of hydrogen-bond donors (Lipinski definition) is 2. The lowest BCUT2D eigenvalue weighted by Crippen LogP contribution is -2.28. The molecule has 10 heteroatoms. The van der Waals surface area contributed by atoms with Crippen LogP contribution >= 0.6 is 27.3 Å². The zero-order chi connectivity index (χ0) is 20.6. The molecule has 0 radical (unpaired) electrons. The van der Waals surface area contributed by atoms with Crippen molar-refractivity contribution in [2.24, 2.45) is 0 Å². The minimum Gasteiger partial charge on any atom is -0.383 e. The average molecular weight is 490 g/mol. The molecule has 2 N–H and O–H groups in total. The number of ether oxygens (including phenoxy) is 1. The van der Waals surface area contributed by atoms with Gasteiger partial charge < -0.3 is 10.1 Å². The van der Waals surface area contributed by atoms with Crippen LogP contribution in [0.3, 0.4) is 0 Å². The van der Waals surface area contributed by atoms with E-state index in [0.717, 1.165) is 30.0 Å². The van der Waals surface area contributed by atoms with E-state index in [1.165, 1.54) is 19.2 Å². The van der Waals surface area contributed by atoms with Crippen molar-refractivity contribution in [1.29, 1.82) is 0 Å². The summed E-state index contributed by atoms with van der Waals surface area (Å²) in [5.74, 6) is -0.314. The van der Waals surface area contributed by atoms with Crippen molar-refractivity contribution in [2.75, 3.05) is 26.8 Å². The number of unbranched alkanes of at least 4 members (excludes halogenated alkanes) is 1. The van der Waals surface area contributed by atoms with E-state index in [1.807, 2.05) is 12.3 Å². The number of carbonyl (C=O) groups excluding carboxylic acids is 1. The number of carbonyl (C=O) groups is 1. The van der Waals surface area contributed by atoms with E-state index in [4.69, 9.17) is 4.74 Å². The molecule has 2 aromatic rings. The van der Waals surface area contributed by atoms with Crippen LogP contribution in [0.25, 0.3) is 0 Å². The van der Waals surface area contributed by atoms with Gasteiger partial charge in [0.2, 0.25) is 10.0 Å². The number of aryl methyl sites for hydroxylation is 2. The monoisotopic (exact) mass is 489 g/mol. The number of amides is 1. The van der Waals surface area contributed by atoms with Crippen LogP contribution < -0.4 is 10.0 Å². The van der Waals surface area contributed by atoms with Gasteiger partial charge >= 0.3 is 0 Å². The number of nitrogens with zero attached hydrogens (tertiary/aromatic N) is 1. The minimum absolute atomic E-state index is 0.0380. The predicted molar refractivity (Wildman–Crippen MR) is 113 cm³/mol. The fourth-order valence-corrected chi connectivity index (χ4v) is 4.71. The number of sulfonamides is 1. The second-order valence-corrected chi connectivity index (χ2v) is 9.69. The van der Waals surface area contributed by atoms with Gasteiger partial charge in [0, 0.05) is 35.7 Å². The summed E-state index contributed by atoms with van der Waals surface area (Å²) < 4.78 is 32.4. The number of thiazole rings is 1. The van der Waals surface area contributed by atoms with Crippen molar-refractivity contribution in [3.63, 3.8) is 0 Å². The van der Waals surface area contributed by atoms with Crippen molar-refractivity contribution in [2.45, 2.75) is 31.1 Å². The highest BCUT2D eigenvalue weighted by molar-refractivity contribution is 9.10. The molecule has 1 amide bonds. The second-order valence-electron chi connectivity index (χ2n) is 6.13. The summed E-state index contributed by atoms with van der Waals surface area (Å²) in [5, 5.41) is 5.97. The third kappa shape index (κ3) is 6.93. The molecule has 0 unspecified atom stereocenters. The maximum Gasteiger partial charge on any atom is 0.252 e. The Bertz CT molecular complexity index is 900. The van der Waals surface area contributed by atoms with Crippen LogP contribution in [-0.2, 0) is 21.2 Å². The zero-order valence-electron chi connectivity index (χ0n) is 15.8. The Morgan fingerprint density at radius 1 is 1.29 bits per heavy atom. The Balaban J connectivity index is 1.89. The van der Waals surface area contributed by atoms with Gasteiger partial charge in [0.15, 0.2) is 0 Å². The summed E-state index contributed by atoms with van der Waals surface area (Å²) in [7, 11) is -2.21. The number of aromatic nitrogens is 1. The van der Waals surface area contributed by atoms with E-state index >= 15 is 0 Å². The first-order valence-corrected chi connectivity index (χ1v) is 12.0. The highest BCUT2D eigenvalue weighted by atomic mass is 79.9. The van der Waals surface area contributed by atoms with E-state index in [0.29, 0.717) is 11.0 Å². The molecular weight excluding hydrogens is 466 g/mol. The van der Waals surface area contributed by atoms with Gasteiger partial charge in [-0.05, 0) is 60.3 Å². The molecule has 1 aromatic carbocycles. The van der Waals surface area contributed by atoms with Crippen molar-refractivity contribution in [3.8, 4) is 0 Å². The number of halogens is 1. The molecule has 0 aliphatic carbocycles. The number of methoxy groups -OCH3 is 1. The molecule has 0 bridgehead atoms. The highest BCUT2D eigenvalue weighted by Crippen LogP contribution is 2.21. The Hall–Kier alpha value is -1.33. The molecule has 2 rings (SSSR count). The van der Waals surface area contributed by atoms with Crippen molar-refractivity contribution in [1.82, 2.24) is 15.0 Å². The maximum absolute atomic E-state index is 12.5. The molecule has 154 valence electrons. The van der Waals surface area contributed by atoms with Crippen LogP contribution in [0.2, 0.25) is 0 Å². The van der Waals surface area contributed by atoms with Gasteiger partial charge in [-0.15, -0.1) is 11.3 Å². The molecule has 0 saturated carbocycles. The largest absolute Gasteiger partial charge is 0.383 e. The lowest BCUT2D eigenvalue weighted by atomic mass is 10.2. The van der Waals surface area contributed by atoms with Gasteiger partial charge in [-0.2, -0.15) is 0 Å². The van der Waals surface area contributed by atoms with E-state index in [9.17, 15) is 13.2 Å². The first kappa shape index (κ1) is 23.0. The maximum atomic E-state index is 12.5. The van der Waals surface area contributed by atoms with Gasteiger partial charge in [-0.3, -0.25) is 4.79 Å². The summed E-state index contributed by atoms with van der Waals surface area (Å²) in [6.45, 7) is 2.91.